The summed E-state index contributed by atoms with van der Waals surface area (Å²) in [6.45, 7) is 4.59. The van der Waals surface area contributed by atoms with Gasteiger partial charge in [0.25, 0.3) is 0 Å². The van der Waals surface area contributed by atoms with Crippen LogP contribution in [0.25, 0.3) is 0 Å². The molecule has 0 fully saturated rings. The number of rotatable bonds is 14. The monoisotopic (exact) mass is 339 g/mol. The molecule has 0 atom stereocenters. The van der Waals surface area contributed by atoms with Gasteiger partial charge in [0.05, 0.1) is 0 Å². The van der Waals surface area contributed by atoms with Crippen LogP contribution in [-0.2, 0) is 4.57 Å². The molecule has 0 aliphatic heterocycles. The second-order valence-electron chi connectivity index (χ2n) is 5.54. The summed E-state index contributed by atoms with van der Waals surface area (Å²) >= 11 is 0. The highest BCUT2D eigenvalue weighted by molar-refractivity contribution is 7.37. The van der Waals surface area contributed by atoms with E-state index in [0.717, 1.165) is 0 Å². The number of unbranched alkanes of at least 4 members (excludes halogenated alkanes) is 10. The summed E-state index contributed by atoms with van der Waals surface area (Å²) in [4.78, 5) is 14.2. The third-order valence-electron chi connectivity index (χ3n) is 3.41. The molecule has 0 saturated heterocycles. The molecule has 0 radical (unpaired) electrons. The Hall–Kier alpha value is 0.450. The highest BCUT2D eigenvalue weighted by Crippen LogP contribution is 2.17. The Bertz CT molecular complexity index is 184. The van der Waals surface area contributed by atoms with Crippen LogP contribution in [0.5, 0.6) is 0 Å². The minimum absolute atomic E-state index is 1.26. The fourth-order valence-electron chi connectivity index (χ4n) is 2.19. The van der Waals surface area contributed by atoms with E-state index in [-0.39, 0.29) is 0 Å². The molecule has 0 aromatic carbocycles. The first-order chi connectivity index (χ1) is 10.1. The first-order valence-electron chi connectivity index (χ1n) is 8.70. The highest BCUT2D eigenvalue weighted by atomic mass is 31.1. The zero-order valence-electron chi connectivity index (χ0n) is 14.1. The van der Waals surface area contributed by atoms with Gasteiger partial charge in [0.2, 0.25) is 0 Å². The Labute approximate surface area is 135 Å². The molecule has 0 spiro atoms. The van der Waals surface area contributed by atoms with Crippen LogP contribution < -0.4 is 0 Å². The molecular weight excluding hydrogens is 302 g/mol. The van der Waals surface area contributed by atoms with Crippen LogP contribution in [0.4, 0.5) is 0 Å². The van der Waals surface area contributed by atoms with Gasteiger partial charge in [-0.1, -0.05) is 78.1 Å². The highest BCUT2D eigenvalue weighted by Gasteiger charge is 1.93. The normalized spacial score (nSPS) is 10.1. The van der Waals surface area contributed by atoms with E-state index in [2.05, 4.69) is 13.8 Å². The SMILES string of the molecule is CCCCCCCCPCCCCCCCC.O=[P+](O)O. The van der Waals surface area contributed by atoms with Crippen molar-refractivity contribution in [3.8, 4) is 0 Å². The first-order valence-corrected chi connectivity index (χ1v) is 11.3. The molecule has 3 nitrogen and oxygen atoms in total. The van der Waals surface area contributed by atoms with E-state index in [1.165, 1.54) is 98.0 Å². The van der Waals surface area contributed by atoms with Gasteiger partial charge >= 0.3 is 8.25 Å². The standard InChI is InChI=1S/C16H35P.HO3P/c1-3-5-7-9-11-13-15-17-16-14-12-10-8-6-4-2;1-4(2)3/h17H,3-16H2,1-2H3;(H-,1,2,3)/p+1. The molecule has 0 aliphatic carbocycles. The van der Waals surface area contributed by atoms with Crippen LogP contribution in [0, 0.1) is 0 Å². The minimum atomic E-state index is -2.87. The fraction of sp³-hybridized carbons (Fsp3) is 1.00. The van der Waals surface area contributed by atoms with E-state index in [0.29, 0.717) is 0 Å². The molecule has 128 valence electrons. The molecule has 0 aliphatic rings. The largest absolute Gasteiger partial charge is 0.692 e. The first kappa shape index (κ1) is 23.7. The summed E-state index contributed by atoms with van der Waals surface area (Å²) in [6.07, 6.45) is 20.5. The van der Waals surface area contributed by atoms with Crippen molar-refractivity contribution in [2.45, 2.75) is 90.9 Å². The lowest BCUT2D eigenvalue weighted by atomic mass is 10.1. The van der Waals surface area contributed by atoms with Gasteiger partial charge in [-0.25, -0.2) is 0 Å². The molecule has 0 unspecified atom stereocenters. The van der Waals surface area contributed by atoms with E-state index in [4.69, 9.17) is 14.4 Å². The quantitative estimate of drug-likeness (QED) is 0.301. The van der Waals surface area contributed by atoms with E-state index in [9.17, 15) is 0 Å². The molecule has 0 aromatic rings. The lowest BCUT2D eigenvalue weighted by Gasteiger charge is -2.03. The number of hydrogen-bond donors (Lipinski definition) is 2. The van der Waals surface area contributed by atoms with Crippen molar-refractivity contribution in [3.05, 3.63) is 0 Å². The number of hydrogen-bond acceptors (Lipinski definition) is 1. The zero-order valence-corrected chi connectivity index (χ0v) is 16.0. The van der Waals surface area contributed by atoms with Crippen LogP contribution in [0.15, 0.2) is 0 Å². The van der Waals surface area contributed by atoms with Gasteiger partial charge in [0, 0.05) is 4.57 Å². The van der Waals surface area contributed by atoms with Gasteiger partial charge in [0.15, 0.2) is 0 Å². The second-order valence-corrected chi connectivity index (χ2v) is 7.54. The van der Waals surface area contributed by atoms with E-state index in [1.807, 2.05) is 0 Å². The van der Waals surface area contributed by atoms with Crippen molar-refractivity contribution in [2.24, 2.45) is 0 Å². The predicted octanol–water partition coefficient (Wildman–Crippen LogP) is 6.01. The summed E-state index contributed by atoms with van der Waals surface area (Å²) in [6, 6.07) is 0. The second kappa shape index (κ2) is 22.7. The van der Waals surface area contributed by atoms with Gasteiger partial charge in [0.1, 0.15) is 0 Å². The lowest BCUT2D eigenvalue weighted by molar-refractivity contribution is 0.405. The average molecular weight is 339 g/mol. The molecule has 0 rings (SSSR count). The van der Waals surface area contributed by atoms with Crippen molar-refractivity contribution in [2.75, 3.05) is 12.3 Å². The van der Waals surface area contributed by atoms with E-state index in [1.54, 1.807) is 0 Å². The maximum absolute atomic E-state index is 8.70. The van der Waals surface area contributed by atoms with Crippen molar-refractivity contribution in [3.63, 3.8) is 0 Å². The fourth-order valence-corrected chi connectivity index (χ4v) is 3.44. The molecule has 0 saturated carbocycles. The van der Waals surface area contributed by atoms with Gasteiger partial charge in [-0.15, -0.1) is 18.4 Å². The van der Waals surface area contributed by atoms with Crippen molar-refractivity contribution in [1.29, 1.82) is 0 Å². The van der Waals surface area contributed by atoms with Crippen molar-refractivity contribution in [1.82, 2.24) is 0 Å². The molecule has 0 heterocycles. The molecule has 0 bridgehead atoms. The van der Waals surface area contributed by atoms with E-state index >= 15 is 0 Å². The molecule has 5 heteroatoms. The van der Waals surface area contributed by atoms with Crippen LogP contribution >= 0.6 is 16.8 Å². The van der Waals surface area contributed by atoms with Crippen molar-refractivity contribution < 1.29 is 14.4 Å². The lowest BCUT2D eigenvalue weighted by Crippen LogP contribution is -1.84. The van der Waals surface area contributed by atoms with Gasteiger partial charge < -0.3 is 0 Å². The minimum Gasteiger partial charge on any atom is -0.134 e. The Kier molecular flexibility index (Phi) is 25.7. The Morgan fingerprint density at radius 1 is 0.667 bits per heavy atom. The molecule has 0 aromatic heterocycles. The van der Waals surface area contributed by atoms with Crippen molar-refractivity contribution >= 4 is 16.8 Å². The van der Waals surface area contributed by atoms with Gasteiger partial charge in [-0.2, -0.15) is 0 Å². The zero-order chi connectivity index (χ0) is 16.2. The summed E-state index contributed by atoms with van der Waals surface area (Å²) < 4.78 is 8.70. The van der Waals surface area contributed by atoms with Gasteiger partial charge in [-0.05, 0) is 25.2 Å². The van der Waals surface area contributed by atoms with Crippen LogP contribution in [0.1, 0.15) is 90.9 Å². The Morgan fingerprint density at radius 3 is 1.29 bits per heavy atom. The molecular formula is C16H37O3P2+. The summed E-state index contributed by atoms with van der Waals surface area (Å²) in [7, 11) is -1.61. The molecule has 2 N–H and O–H groups in total. The van der Waals surface area contributed by atoms with Crippen LogP contribution in [0.3, 0.4) is 0 Å². The Balaban J connectivity index is 0. The topological polar surface area (TPSA) is 57.5 Å². The predicted molar refractivity (Wildman–Crippen MR) is 96.8 cm³/mol. The van der Waals surface area contributed by atoms with Crippen LogP contribution in [0.2, 0.25) is 0 Å². The smallest absolute Gasteiger partial charge is 0.134 e. The third-order valence-corrected chi connectivity index (χ3v) is 4.83. The van der Waals surface area contributed by atoms with E-state index < -0.39 is 8.25 Å². The maximum Gasteiger partial charge on any atom is 0.692 e. The maximum atomic E-state index is 8.70. The van der Waals surface area contributed by atoms with Gasteiger partial charge in [-0.3, -0.25) is 0 Å². The van der Waals surface area contributed by atoms with Crippen LogP contribution in [-0.4, -0.2) is 22.1 Å². The summed E-state index contributed by atoms with van der Waals surface area (Å²) in [5.74, 6) is 0. The third kappa shape index (κ3) is 33.3. The Morgan fingerprint density at radius 2 is 0.952 bits per heavy atom. The summed E-state index contributed by atoms with van der Waals surface area (Å²) in [5.41, 5.74) is 0. The molecule has 21 heavy (non-hydrogen) atoms. The summed E-state index contributed by atoms with van der Waals surface area (Å²) in [5, 5.41) is 0. The average Bonchev–Trinajstić information content (AvgIpc) is 2.43. The molecule has 0 amide bonds.